The van der Waals surface area contributed by atoms with Crippen LogP contribution in [0.3, 0.4) is 0 Å². The van der Waals surface area contributed by atoms with E-state index in [1.54, 1.807) is 0 Å². The van der Waals surface area contributed by atoms with E-state index in [2.05, 4.69) is 17.0 Å². The van der Waals surface area contributed by atoms with Gasteiger partial charge in [0.25, 0.3) is 0 Å². The van der Waals surface area contributed by atoms with Crippen molar-refractivity contribution in [3.63, 3.8) is 0 Å². The molecule has 18 heavy (non-hydrogen) atoms. The van der Waals surface area contributed by atoms with Gasteiger partial charge in [-0.2, -0.15) is 11.8 Å². The van der Waals surface area contributed by atoms with E-state index in [0.29, 0.717) is 19.2 Å². The molecule has 1 unspecified atom stereocenters. The number of ether oxygens (including phenoxy) is 1. The Morgan fingerprint density at radius 1 is 1.28 bits per heavy atom. The van der Waals surface area contributed by atoms with Gasteiger partial charge in [-0.15, -0.1) is 0 Å². The number of hydrogen-bond acceptors (Lipinski definition) is 4. The van der Waals surface area contributed by atoms with Crippen molar-refractivity contribution in [3.8, 4) is 5.75 Å². The van der Waals surface area contributed by atoms with Crippen LogP contribution in [0.25, 0.3) is 0 Å². The summed E-state index contributed by atoms with van der Waals surface area (Å²) < 4.78 is 5.47. The maximum atomic E-state index is 5.95. The molecular weight excluding hydrogens is 244 g/mol. The summed E-state index contributed by atoms with van der Waals surface area (Å²) in [5.41, 5.74) is 7.25. The molecule has 1 aromatic rings. The Balaban J connectivity index is 2.06. The highest BCUT2D eigenvalue weighted by atomic mass is 32.2. The lowest BCUT2D eigenvalue weighted by atomic mass is 10.1. The predicted molar refractivity (Wildman–Crippen MR) is 78.3 cm³/mol. The molecule has 0 aliphatic carbocycles. The predicted octanol–water partition coefficient (Wildman–Crippen LogP) is 2.13. The summed E-state index contributed by atoms with van der Waals surface area (Å²) in [6.45, 7) is 5.67. The Kier molecular flexibility index (Phi) is 5.35. The van der Waals surface area contributed by atoms with E-state index in [9.17, 15) is 0 Å². The molecule has 0 spiro atoms. The van der Waals surface area contributed by atoms with E-state index in [4.69, 9.17) is 10.5 Å². The summed E-state index contributed by atoms with van der Waals surface area (Å²) in [5.74, 6) is 3.37. The van der Waals surface area contributed by atoms with E-state index >= 15 is 0 Å². The van der Waals surface area contributed by atoms with Gasteiger partial charge in [-0.25, -0.2) is 0 Å². The van der Waals surface area contributed by atoms with Gasteiger partial charge in [0.15, 0.2) is 0 Å². The van der Waals surface area contributed by atoms with Crippen LogP contribution in [-0.4, -0.2) is 42.6 Å². The highest BCUT2D eigenvalue weighted by Crippen LogP contribution is 2.25. The highest BCUT2D eigenvalue weighted by Gasteiger charge is 2.20. The molecule has 0 amide bonds. The lowest BCUT2D eigenvalue weighted by Crippen LogP contribution is -2.39. The van der Waals surface area contributed by atoms with Crippen LogP contribution in [0.4, 0.5) is 0 Å². The fraction of sp³-hybridized carbons (Fsp3) is 0.571. The zero-order chi connectivity index (χ0) is 12.8. The van der Waals surface area contributed by atoms with E-state index in [1.807, 2.05) is 30.8 Å². The zero-order valence-corrected chi connectivity index (χ0v) is 11.8. The van der Waals surface area contributed by atoms with Crippen LogP contribution < -0.4 is 10.5 Å². The van der Waals surface area contributed by atoms with Gasteiger partial charge in [0.2, 0.25) is 0 Å². The third kappa shape index (κ3) is 3.40. The lowest BCUT2D eigenvalue weighted by molar-refractivity contribution is 0.223. The van der Waals surface area contributed by atoms with Gasteiger partial charge in [-0.1, -0.05) is 12.1 Å². The van der Waals surface area contributed by atoms with Crippen molar-refractivity contribution in [2.45, 2.75) is 13.0 Å². The highest BCUT2D eigenvalue weighted by molar-refractivity contribution is 7.99. The summed E-state index contributed by atoms with van der Waals surface area (Å²) >= 11 is 2.03. The Bertz CT molecular complexity index is 349. The van der Waals surface area contributed by atoms with Gasteiger partial charge in [-0.05, 0) is 24.6 Å². The van der Waals surface area contributed by atoms with Gasteiger partial charge in [0.05, 0.1) is 6.61 Å². The Hall–Kier alpha value is -0.710. The second-order valence-electron chi connectivity index (χ2n) is 4.40. The van der Waals surface area contributed by atoms with Crippen LogP contribution in [0.5, 0.6) is 5.75 Å². The van der Waals surface area contributed by atoms with Crippen molar-refractivity contribution in [3.05, 3.63) is 29.8 Å². The van der Waals surface area contributed by atoms with Crippen molar-refractivity contribution in [2.24, 2.45) is 5.73 Å². The van der Waals surface area contributed by atoms with Crippen LogP contribution in [0.2, 0.25) is 0 Å². The first-order valence-corrected chi connectivity index (χ1v) is 7.75. The molecule has 0 radical (unpaired) electrons. The summed E-state index contributed by atoms with van der Waals surface area (Å²) in [6.07, 6.45) is 0. The molecule has 1 aromatic carbocycles. The third-order valence-corrected chi connectivity index (χ3v) is 4.23. The van der Waals surface area contributed by atoms with Crippen LogP contribution in [0.15, 0.2) is 24.3 Å². The minimum Gasteiger partial charge on any atom is -0.494 e. The van der Waals surface area contributed by atoms with Crippen LogP contribution in [0, 0.1) is 0 Å². The largest absolute Gasteiger partial charge is 0.494 e. The zero-order valence-electron chi connectivity index (χ0n) is 11.0. The van der Waals surface area contributed by atoms with Crippen LogP contribution in [0.1, 0.15) is 18.5 Å². The number of rotatable bonds is 5. The topological polar surface area (TPSA) is 38.5 Å². The molecular formula is C14H22N2OS. The fourth-order valence-corrected chi connectivity index (χ4v) is 3.27. The molecule has 1 saturated heterocycles. The number of thioether (sulfide) groups is 1. The average molecular weight is 266 g/mol. The van der Waals surface area contributed by atoms with Crippen LogP contribution >= 0.6 is 11.8 Å². The molecule has 100 valence electrons. The molecule has 1 aliphatic rings. The maximum Gasteiger partial charge on any atom is 0.119 e. The van der Waals surface area contributed by atoms with E-state index in [-0.39, 0.29) is 0 Å². The number of nitrogens with zero attached hydrogens (tertiary/aromatic N) is 1. The average Bonchev–Trinajstić information content (AvgIpc) is 2.43. The Labute approximate surface area is 114 Å². The smallest absolute Gasteiger partial charge is 0.119 e. The number of nitrogens with two attached hydrogens (primary N) is 1. The maximum absolute atomic E-state index is 5.95. The normalized spacial score (nSPS) is 18.6. The standard InChI is InChI=1S/C14H22N2OS/c1-2-17-13-5-3-12(4-6-13)14(11-15)16-7-9-18-10-8-16/h3-6,14H,2,7-11,15H2,1H3. The van der Waals surface area contributed by atoms with Gasteiger partial charge in [0.1, 0.15) is 5.75 Å². The molecule has 3 nitrogen and oxygen atoms in total. The minimum absolute atomic E-state index is 0.349. The van der Waals surface area contributed by atoms with E-state index < -0.39 is 0 Å². The minimum atomic E-state index is 0.349. The number of benzene rings is 1. The monoisotopic (exact) mass is 266 g/mol. The summed E-state index contributed by atoms with van der Waals surface area (Å²) in [7, 11) is 0. The van der Waals surface area contributed by atoms with Gasteiger partial charge >= 0.3 is 0 Å². The quantitative estimate of drug-likeness (QED) is 0.886. The third-order valence-electron chi connectivity index (χ3n) is 3.29. The van der Waals surface area contributed by atoms with Crippen molar-refractivity contribution < 1.29 is 4.74 Å². The van der Waals surface area contributed by atoms with E-state index in [1.165, 1.54) is 17.1 Å². The van der Waals surface area contributed by atoms with Gasteiger partial charge in [-0.3, -0.25) is 4.90 Å². The Morgan fingerprint density at radius 2 is 1.94 bits per heavy atom. The van der Waals surface area contributed by atoms with Crippen molar-refractivity contribution in [1.82, 2.24) is 4.90 Å². The fourth-order valence-electron chi connectivity index (χ4n) is 2.34. The summed E-state index contributed by atoms with van der Waals surface area (Å²) in [4.78, 5) is 2.49. The van der Waals surface area contributed by atoms with Crippen LogP contribution in [-0.2, 0) is 0 Å². The second-order valence-corrected chi connectivity index (χ2v) is 5.63. The second kappa shape index (κ2) is 7.02. The molecule has 0 aromatic heterocycles. The molecule has 1 fully saturated rings. The number of hydrogen-bond donors (Lipinski definition) is 1. The van der Waals surface area contributed by atoms with Crippen molar-refractivity contribution >= 4 is 11.8 Å². The van der Waals surface area contributed by atoms with Crippen molar-refractivity contribution in [1.29, 1.82) is 0 Å². The molecule has 4 heteroatoms. The SMILES string of the molecule is CCOc1ccc(C(CN)N2CCSCC2)cc1. The molecule has 0 bridgehead atoms. The van der Waals surface area contributed by atoms with Gasteiger partial charge < -0.3 is 10.5 Å². The molecule has 1 heterocycles. The summed E-state index contributed by atoms with van der Waals surface area (Å²) in [5, 5.41) is 0. The molecule has 1 atom stereocenters. The van der Waals surface area contributed by atoms with Gasteiger partial charge in [0, 0.05) is 37.2 Å². The van der Waals surface area contributed by atoms with E-state index in [0.717, 1.165) is 18.8 Å². The first kappa shape index (κ1) is 13.7. The first-order valence-electron chi connectivity index (χ1n) is 6.59. The molecule has 0 saturated carbocycles. The Morgan fingerprint density at radius 3 is 2.50 bits per heavy atom. The lowest BCUT2D eigenvalue weighted by Gasteiger charge is -2.34. The molecule has 2 N–H and O–H groups in total. The summed E-state index contributed by atoms with van der Waals surface area (Å²) in [6, 6.07) is 8.72. The molecule has 2 rings (SSSR count). The molecule has 1 aliphatic heterocycles. The first-order chi connectivity index (χ1) is 8.85. The van der Waals surface area contributed by atoms with Crippen molar-refractivity contribution in [2.75, 3.05) is 37.7 Å².